The average Bonchev–Trinajstić information content (AvgIpc) is 3.42. The Bertz CT molecular complexity index is 1180. The second kappa shape index (κ2) is 10.2. The predicted octanol–water partition coefficient (Wildman–Crippen LogP) is 2.88. The molecule has 0 radical (unpaired) electrons. The van der Waals surface area contributed by atoms with Crippen molar-refractivity contribution in [2.45, 2.75) is 63.5 Å². The van der Waals surface area contributed by atoms with Crippen molar-refractivity contribution in [3.8, 4) is 0 Å². The lowest BCUT2D eigenvalue weighted by Crippen LogP contribution is -2.59. The van der Waals surface area contributed by atoms with E-state index in [1.807, 2.05) is 35.0 Å². The van der Waals surface area contributed by atoms with Crippen molar-refractivity contribution in [3.63, 3.8) is 0 Å². The van der Waals surface area contributed by atoms with E-state index >= 15 is 0 Å². The number of carbonyl (C=O) groups excluding carboxylic acids is 3. The molecule has 2 fully saturated rings. The molecule has 202 valence electrons. The summed E-state index contributed by atoms with van der Waals surface area (Å²) in [6.07, 6.45) is 3.85. The van der Waals surface area contributed by atoms with E-state index in [4.69, 9.17) is 5.73 Å². The maximum absolute atomic E-state index is 14.1. The van der Waals surface area contributed by atoms with E-state index in [0.717, 1.165) is 31.2 Å². The van der Waals surface area contributed by atoms with Gasteiger partial charge in [0, 0.05) is 32.6 Å². The van der Waals surface area contributed by atoms with Crippen LogP contribution in [0.1, 0.15) is 55.7 Å². The van der Waals surface area contributed by atoms with Crippen molar-refractivity contribution in [1.29, 1.82) is 0 Å². The van der Waals surface area contributed by atoms with Gasteiger partial charge in [-0.2, -0.15) is 0 Å². The van der Waals surface area contributed by atoms with Crippen molar-refractivity contribution in [2.24, 2.45) is 17.1 Å². The fraction of sp³-hybridized carbons (Fsp3) is 0.516. The smallest absolute Gasteiger partial charge is 0.245 e. The third-order valence-corrected chi connectivity index (χ3v) is 8.83. The lowest BCUT2D eigenvalue weighted by atomic mass is 9.69. The summed E-state index contributed by atoms with van der Waals surface area (Å²) < 4.78 is 0. The molecule has 2 aromatic carbocycles. The first-order valence-corrected chi connectivity index (χ1v) is 13.8. The van der Waals surface area contributed by atoms with Crippen LogP contribution >= 0.6 is 0 Å². The molecular weight excluding hydrogens is 476 g/mol. The van der Waals surface area contributed by atoms with Gasteiger partial charge in [-0.25, -0.2) is 0 Å². The minimum Gasteiger partial charge on any atom is -0.345 e. The van der Waals surface area contributed by atoms with Crippen molar-refractivity contribution < 1.29 is 14.4 Å². The van der Waals surface area contributed by atoms with Crippen molar-refractivity contribution in [3.05, 3.63) is 71.3 Å². The minimum atomic E-state index is -1.09. The quantitative estimate of drug-likeness (QED) is 0.617. The first kappa shape index (κ1) is 26.4. The molecule has 2 aliphatic heterocycles. The van der Waals surface area contributed by atoms with Crippen LogP contribution in [0.3, 0.4) is 0 Å². The zero-order valence-corrected chi connectivity index (χ0v) is 22.8. The Hall–Kier alpha value is -3.19. The molecule has 2 unspecified atom stereocenters. The SMILES string of the molecule is CN1CC(c2ccccc2)C2(CCCN(C(=O)[C@@H](CC3Cc4ccccc4C3)NC(=O)C(C)(C)N)C2)C1=O. The summed E-state index contributed by atoms with van der Waals surface area (Å²) in [4.78, 5) is 44.4. The number of benzene rings is 2. The number of nitrogens with zero attached hydrogens (tertiary/aromatic N) is 2. The van der Waals surface area contributed by atoms with Gasteiger partial charge in [0.05, 0.1) is 11.0 Å². The minimum absolute atomic E-state index is 0.0251. The van der Waals surface area contributed by atoms with Gasteiger partial charge < -0.3 is 20.9 Å². The van der Waals surface area contributed by atoms with Crippen LogP contribution in [0.4, 0.5) is 0 Å². The van der Waals surface area contributed by atoms with Gasteiger partial charge in [-0.05, 0) is 68.6 Å². The molecule has 5 rings (SSSR count). The normalized spacial score (nSPS) is 24.5. The number of nitrogens with two attached hydrogens (primary N) is 1. The topological polar surface area (TPSA) is 95.7 Å². The number of rotatable bonds is 6. The van der Waals surface area contributed by atoms with Crippen LogP contribution in [0.15, 0.2) is 54.6 Å². The predicted molar refractivity (Wildman–Crippen MR) is 147 cm³/mol. The van der Waals surface area contributed by atoms with Gasteiger partial charge in [0.1, 0.15) is 6.04 Å². The van der Waals surface area contributed by atoms with Gasteiger partial charge in [0.25, 0.3) is 0 Å². The Morgan fingerprint density at radius 2 is 1.71 bits per heavy atom. The highest BCUT2D eigenvalue weighted by atomic mass is 16.2. The van der Waals surface area contributed by atoms with E-state index < -0.39 is 17.0 Å². The molecule has 2 heterocycles. The Morgan fingerprint density at radius 1 is 1.08 bits per heavy atom. The second-order valence-electron chi connectivity index (χ2n) is 12.2. The van der Waals surface area contributed by atoms with Crippen LogP contribution in [-0.4, -0.2) is 65.8 Å². The highest BCUT2D eigenvalue weighted by Gasteiger charge is 2.56. The van der Waals surface area contributed by atoms with Crippen LogP contribution in [0, 0.1) is 11.3 Å². The number of amides is 3. The maximum Gasteiger partial charge on any atom is 0.245 e. The fourth-order valence-electron chi connectivity index (χ4n) is 6.84. The molecule has 0 saturated carbocycles. The summed E-state index contributed by atoms with van der Waals surface area (Å²) in [7, 11) is 1.86. The monoisotopic (exact) mass is 516 g/mol. The lowest BCUT2D eigenvalue weighted by molar-refractivity contribution is -0.146. The number of carbonyl (C=O) groups is 3. The number of likely N-dealkylation sites (N-methyl/N-ethyl adjacent to an activating group) is 1. The van der Waals surface area contributed by atoms with Crippen molar-refractivity contribution >= 4 is 17.7 Å². The van der Waals surface area contributed by atoms with E-state index in [0.29, 0.717) is 26.1 Å². The van der Waals surface area contributed by atoms with Crippen LogP contribution in [-0.2, 0) is 27.2 Å². The molecule has 3 atom stereocenters. The van der Waals surface area contributed by atoms with Gasteiger partial charge in [-0.1, -0.05) is 54.6 Å². The van der Waals surface area contributed by atoms with Gasteiger partial charge in [0.15, 0.2) is 0 Å². The van der Waals surface area contributed by atoms with E-state index in [9.17, 15) is 14.4 Å². The summed E-state index contributed by atoms with van der Waals surface area (Å²) in [6, 6.07) is 17.9. The number of nitrogens with one attached hydrogen (secondary N) is 1. The number of likely N-dealkylation sites (tertiary alicyclic amines) is 2. The Balaban J connectivity index is 1.39. The summed E-state index contributed by atoms with van der Waals surface area (Å²) in [6.45, 7) is 4.91. The van der Waals surface area contributed by atoms with Gasteiger partial charge in [-0.15, -0.1) is 0 Å². The van der Waals surface area contributed by atoms with E-state index in [1.165, 1.54) is 11.1 Å². The number of fused-ring (bicyclic) bond motifs is 1. The number of hydrogen-bond acceptors (Lipinski definition) is 4. The molecule has 1 aliphatic carbocycles. The second-order valence-corrected chi connectivity index (χ2v) is 12.2. The third-order valence-electron chi connectivity index (χ3n) is 8.83. The number of piperidine rings is 1. The van der Waals surface area contributed by atoms with Crippen molar-refractivity contribution in [1.82, 2.24) is 15.1 Å². The largest absolute Gasteiger partial charge is 0.345 e. The van der Waals surface area contributed by atoms with E-state index in [-0.39, 0.29) is 29.6 Å². The van der Waals surface area contributed by atoms with E-state index in [2.05, 4.69) is 41.7 Å². The zero-order chi connectivity index (χ0) is 27.1. The average molecular weight is 517 g/mol. The summed E-state index contributed by atoms with van der Waals surface area (Å²) in [5.41, 5.74) is 8.14. The van der Waals surface area contributed by atoms with Crippen molar-refractivity contribution in [2.75, 3.05) is 26.7 Å². The zero-order valence-electron chi connectivity index (χ0n) is 22.8. The molecule has 1 spiro atoms. The highest BCUT2D eigenvalue weighted by Crippen LogP contribution is 2.49. The molecule has 38 heavy (non-hydrogen) atoms. The fourth-order valence-corrected chi connectivity index (χ4v) is 6.84. The molecule has 3 amide bonds. The standard InChI is InChI=1S/C31H40N4O3/c1-30(2,32)28(37)33-26(18-21-16-23-12-7-8-13-24(23)17-21)27(36)35-15-9-14-31(20-35)25(19-34(3)29(31)38)22-10-5-4-6-11-22/h4-8,10-13,21,25-26H,9,14-20,32H2,1-3H3,(H,33,37)/t25?,26-,31?/m1/s1. The van der Waals surface area contributed by atoms with E-state index in [1.54, 1.807) is 13.8 Å². The summed E-state index contributed by atoms with van der Waals surface area (Å²) in [5.74, 6) is -0.0442. The summed E-state index contributed by atoms with van der Waals surface area (Å²) in [5, 5.41) is 3.00. The first-order chi connectivity index (χ1) is 18.1. The molecule has 2 saturated heterocycles. The Morgan fingerprint density at radius 3 is 2.34 bits per heavy atom. The van der Waals surface area contributed by atoms with Gasteiger partial charge >= 0.3 is 0 Å². The molecular formula is C31H40N4O3. The van der Waals surface area contributed by atoms with Crippen LogP contribution in [0.25, 0.3) is 0 Å². The Labute approximate surface area is 225 Å². The highest BCUT2D eigenvalue weighted by molar-refractivity contribution is 5.92. The molecule has 7 heteroatoms. The molecule has 3 N–H and O–H groups in total. The van der Waals surface area contributed by atoms with Crippen LogP contribution in [0.2, 0.25) is 0 Å². The van der Waals surface area contributed by atoms with Gasteiger partial charge in [0.2, 0.25) is 17.7 Å². The molecule has 7 nitrogen and oxygen atoms in total. The molecule has 0 aromatic heterocycles. The number of hydrogen-bond donors (Lipinski definition) is 2. The van der Waals surface area contributed by atoms with Crippen LogP contribution in [0.5, 0.6) is 0 Å². The maximum atomic E-state index is 14.1. The molecule has 0 bridgehead atoms. The van der Waals surface area contributed by atoms with Crippen LogP contribution < -0.4 is 11.1 Å². The molecule has 2 aromatic rings. The summed E-state index contributed by atoms with van der Waals surface area (Å²) >= 11 is 0. The third kappa shape index (κ3) is 4.96. The molecule has 3 aliphatic rings. The lowest BCUT2D eigenvalue weighted by Gasteiger charge is -2.43. The Kier molecular flexibility index (Phi) is 7.07. The first-order valence-electron chi connectivity index (χ1n) is 13.8. The van der Waals surface area contributed by atoms with Gasteiger partial charge in [-0.3, -0.25) is 14.4 Å².